The monoisotopic (exact) mass is 467 g/mol. The number of likely N-dealkylation sites (tertiary alicyclic amines) is 1. The molecule has 1 N–H and O–H groups in total. The molecular formula is C31H37N3O. The summed E-state index contributed by atoms with van der Waals surface area (Å²) in [5.74, 6) is 0.266. The Morgan fingerprint density at radius 1 is 0.886 bits per heavy atom. The lowest BCUT2D eigenvalue weighted by Gasteiger charge is -2.32. The van der Waals surface area contributed by atoms with Gasteiger partial charge in [0.2, 0.25) is 5.91 Å². The minimum atomic E-state index is 0.0735. The van der Waals surface area contributed by atoms with Crippen LogP contribution in [0.5, 0.6) is 0 Å². The van der Waals surface area contributed by atoms with Gasteiger partial charge in [0.15, 0.2) is 0 Å². The van der Waals surface area contributed by atoms with Crippen LogP contribution in [-0.4, -0.2) is 35.3 Å². The fourth-order valence-electron chi connectivity index (χ4n) is 5.56. The number of carbonyl (C=O) groups excluding carboxylic acids is 1. The number of benzene rings is 3. The van der Waals surface area contributed by atoms with Crippen LogP contribution < -0.4 is 5.32 Å². The van der Waals surface area contributed by atoms with Crippen LogP contribution in [0.15, 0.2) is 72.8 Å². The molecule has 1 fully saturated rings. The van der Waals surface area contributed by atoms with Gasteiger partial charge >= 0.3 is 0 Å². The molecule has 1 atom stereocenters. The SMILES string of the molecule is Cc1ccccc1CN1CCCC(C(=O)NCc2cccc(CN3CCc4ccccc4C3)c2)C1. The predicted octanol–water partition coefficient (Wildman–Crippen LogP) is 5.08. The number of amides is 1. The first-order valence-electron chi connectivity index (χ1n) is 13.1. The molecule has 3 aromatic rings. The summed E-state index contributed by atoms with van der Waals surface area (Å²) in [6, 6.07) is 26.1. The summed E-state index contributed by atoms with van der Waals surface area (Å²) < 4.78 is 0. The van der Waals surface area contributed by atoms with E-state index < -0.39 is 0 Å². The van der Waals surface area contributed by atoms with Gasteiger partial charge in [0.25, 0.3) is 0 Å². The normalized spacial score (nSPS) is 18.7. The van der Waals surface area contributed by atoms with Gasteiger partial charge < -0.3 is 5.32 Å². The molecule has 35 heavy (non-hydrogen) atoms. The minimum absolute atomic E-state index is 0.0735. The van der Waals surface area contributed by atoms with Crippen molar-refractivity contribution < 1.29 is 4.79 Å². The number of carbonyl (C=O) groups is 1. The van der Waals surface area contributed by atoms with E-state index in [0.29, 0.717) is 6.54 Å². The maximum Gasteiger partial charge on any atom is 0.224 e. The van der Waals surface area contributed by atoms with Crippen LogP contribution in [0, 0.1) is 12.8 Å². The molecule has 0 aromatic heterocycles. The number of hydrogen-bond donors (Lipinski definition) is 1. The smallest absolute Gasteiger partial charge is 0.224 e. The van der Waals surface area contributed by atoms with Crippen molar-refractivity contribution in [2.75, 3.05) is 19.6 Å². The zero-order valence-electron chi connectivity index (χ0n) is 20.9. The highest BCUT2D eigenvalue weighted by Gasteiger charge is 2.26. The fourth-order valence-corrected chi connectivity index (χ4v) is 5.56. The average molecular weight is 468 g/mol. The van der Waals surface area contributed by atoms with E-state index >= 15 is 0 Å². The second-order valence-corrected chi connectivity index (χ2v) is 10.3. The van der Waals surface area contributed by atoms with Gasteiger partial charge in [-0.15, -0.1) is 0 Å². The summed E-state index contributed by atoms with van der Waals surface area (Å²) in [7, 11) is 0. The van der Waals surface area contributed by atoms with Crippen LogP contribution in [0.2, 0.25) is 0 Å². The first-order valence-corrected chi connectivity index (χ1v) is 13.1. The Bertz CT molecular complexity index is 1160. The summed E-state index contributed by atoms with van der Waals surface area (Å²) in [5.41, 5.74) is 8.13. The summed E-state index contributed by atoms with van der Waals surface area (Å²) in [6.45, 7) is 8.67. The van der Waals surface area contributed by atoms with Gasteiger partial charge in [-0.25, -0.2) is 0 Å². The second kappa shape index (κ2) is 11.2. The first-order chi connectivity index (χ1) is 17.1. The minimum Gasteiger partial charge on any atom is -0.352 e. The highest BCUT2D eigenvalue weighted by atomic mass is 16.1. The van der Waals surface area contributed by atoms with Crippen LogP contribution in [0.4, 0.5) is 0 Å². The summed E-state index contributed by atoms with van der Waals surface area (Å²) in [6.07, 6.45) is 3.18. The molecule has 1 saturated heterocycles. The van der Waals surface area contributed by atoms with Crippen LogP contribution in [0.3, 0.4) is 0 Å². The summed E-state index contributed by atoms with van der Waals surface area (Å²) in [4.78, 5) is 18.0. The van der Waals surface area contributed by atoms with Crippen molar-refractivity contribution >= 4 is 5.91 Å². The molecule has 2 aliphatic heterocycles. The van der Waals surface area contributed by atoms with Gasteiger partial charge in [-0.3, -0.25) is 14.6 Å². The third-order valence-electron chi connectivity index (χ3n) is 7.61. The maximum atomic E-state index is 13.0. The number of nitrogens with one attached hydrogen (secondary N) is 1. The lowest BCUT2D eigenvalue weighted by Crippen LogP contribution is -2.42. The number of nitrogens with zero attached hydrogens (tertiary/aromatic N) is 2. The molecule has 2 aliphatic rings. The molecule has 5 rings (SSSR count). The van der Waals surface area contributed by atoms with E-state index in [0.717, 1.165) is 58.5 Å². The van der Waals surface area contributed by atoms with E-state index in [1.54, 1.807) is 0 Å². The Kier molecular flexibility index (Phi) is 7.60. The zero-order valence-corrected chi connectivity index (χ0v) is 20.9. The number of rotatable bonds is 7. The van der Waals surface area contributed by atoms with Gasteiger partial charge in [-0.1, -0.05) is 72.8 Å². The van der Waals surface area contributed by atoms with E-state index in [4.69, 9.17) is 0 Å². The summed E-state index contributed by atoms with van der Waals surface area (Å²) >= 11 is 0. The Morgan fingerprint density at radius 2 is 1.69 bits per heavy atom. The molecule has 3 aromatic carbocycles. The molecule has 182 valence electrons. The second-order valence-electron chi connectivity index (χ2n) is 10.3. The first kappa shape index (κ1) is 23.8. The molecule has 1 amide bonds. The van der Waals surface area contributed by atoms with Crippen molar-refractivity contribution in [1.29, 1.82) is 0 Å². The van der Waals surface area contributed by atoms with Crippen LogP contribution in [0.25, 0.3) is 0 Å². The highest BCUT2D eigenvalue weighted by Crippen LogP contribution is 2.22. The standard InChI is InChI=1S/C31H37N3O/c1-24-8-2-3-12-28(24)21-33-16-7-14-30(23-33)31(35)32-19-25-9-6-10-26(18-25)20-34-17-15-27-11-4-5-13-29(27)22-34/h2-6,8-13,18,30H,7,14-17,19-23H2,1H3,(H,32,35). The molecule has 2 heterocycles. The lowest BCUT2D eigenvalue weighted by molar-refractivity contribution is -0.126. The average Bonchev–Trinajstić information content (AvgIpc) is 2.89. The van der Waals surface area contributed by atoms with Crippen molar-refractivity contribution in [2.45, 2.75) is 52.4 Å². The molecule has 0 radical (unpaired) electrons. The zero-order chi connectivity index (χ0) is 24.0. The van der Waals surface area contributed by atoms with Crippen molar-refractivity contribution in [3.05, 3.63) is 106 Å². The molecule has 4 heteroatoms. The predicted molar refractivity (Wildman–Crippen MR) is 142 cm³/mol. The quantitative estimate of drug-likeness (QED) is 0.526. The van der Waals surface area contributed by atoms with E-state index in [9.17, 15) is 4.79 Å². The third-order valence-corrected chi connectivity index (χ3v) is 7.61. The van der Waals surface area contributed by atoms with Gasteiger partial charge in [-0.2, -0.15) is 0 Å². The molecule has 1 unspecified atom stereocenters. The molecule has 0 spiro atoms. The lowest BCUT2D eigenvalue weighted by atomic mass is 9.96. The molecule has 0 bridgehead atoms. The third kappa shape index (κ3) is 6.19. The van der Waals surface area contributed by atoms with Gasteiger partial charge in [-0.05, 0) is 66.1 Å². The fraction of sp³-hybridized carbons (Fsp3) is 0.387. The van der Waals surface area contributed by atoms with Gasteiger partial charge in [0.1, 0.15) is 0 Å². The summed E-state index contributed by atoms with van der Waals surface area (Å²) in [5, 5.41) is 3.23. The Labute approximate surface area is 210 Å². The Hall–Kier alpha value is -2.95. The maximum absolute atomic E-state index is 13.0. The van der Waals surface area contributed by atoms with E-state index in [-0.39, 0.29) is 11.8 Å². The number of piperidine rings is 1. The van der Waals surface area contributed by atoms with Crippen molar-refractivity contribution in [3.63, 3.8) is 0 Å². The van der Waals surface area contributed by atoms with Crippen LogP contribution >= 0.6 is 0 Å². The van der Waals surface area contributed by atoms with Crippen LogP contribution in [-0.2, 0) is 37.4 Å². The number of aryl methyl sites for hydroxylation is 1. The largest absolute Gasteiger partial charge is 0.352 e. The topological polar surface area (TPSA) is 35.6 Å². The number of fused-ring (bicyclic) bond motifs is 1. The van der Waals surface area contributed by atoms with Crippen molar-refractivity contribution in [2.24, 2.45) is 5.92 Å². The van der Waals surface area contributed by atoms with Gasteiger partial charge in [0.05, 0.1) is 5.92 Å². The highest BCUT2D eigenvalue weighted by molar-refractivity contribution is 5.79. The van der Waals surface area contributed by atoms with E-state index in [1.807, 2.05) is 0 Å². The molecule has 4 nitrogen and oxygen atoms in total. The van der Waals surface area contributed by atoms with Gasteiger partial charge in [0, 0.05) is 39.3 Å². The Balaban J connectivity index is 1.12. The van der Waals surface area contributed by atoms with Crippen molar-refractivity contribution in [1.82, 2.24) is 15.1 Å². The molecular weight excluding hydrogens is 430 g/mol. The van der Waals surface area contributed by atoms with E-state index in [1.165, 1.54) is 33.4 Å². The van der Waals surface area contributed by atoms with E-state index in [2.05, 4.69) is 94.8 Å². The number of hydrogen-bond acceptors (Lipinski definition) is 3. The molecule has 0 aliphatic carbocycles. The molecule has 0 saturated carbocycles. The van der Waals surface area contributed by atoms with Crippen molar-refractivity contribution in [3.8, 4) is 0 Å². The Morgan fingerprint density at radius 3 is 2.57 bits per heavy atom. The van der Waals surface area contributed by atoms with Crippen LogP contribution in [0.1, 0.15) is 46.2 Å².